The number of benzene rings is 2. The zero-order valence-electron chi connectivity index (χ0n) is 17.4. The highest BCUT2D eigenvalue weighted by Gasteiger charge is 2.20. The van der Waals surface area contributed by atoms with E-state index in [1.54, 1.807) is 24.3 Å². The molecule has 0 bridgehead atoms. The van der Waals surface area contributed by atoms with Crippen LogP contribution in [0.1, 0.15) is 43.2 Å². The zero-order valence-corrected chi connectivity index (χ0v) is 18.2. The predicted molar refractivity (Wildman–Crippen MR) is 117 cm³/mol. The van der Waals surface area contributed by atoms with Gasteiger partial charge in [0.2, 0.25) is 11.7 Å². The van der Waals surface area contributed by atoms with E-state index in [9.17, 15) is 8.42 Å². The molecule has 2 aromatic heterocycles. The van der Waals surface area contributed by atoms with Gasteiger partial charge in [-0.05, 0) is 50.1 Å². The fourth-order valence-electron chi connectivity index (χ4n) is 4.20. The summed E-state index contributed by atoms with van der Waals surface area (Å²) in [4.78, 5) is 9.27. The van der Waals surface area contributed by atoms with Crippen LogP contribution in [0.5, 0.6) is 0 Å². The molecule has 1 aliphatic carbocycles. The Kier molecular flexibility index (Phi) is 5.09. The molecule has 0 unspecified atom stereocenters. The van der Waals surface area contributed by atoms with Crippen molar-refractivity contribution in [2.45, 2.75) is 50.0 Å². The first-order valence-electron chi connectivity index (χ1n) is 10.6. The van der Waals surface area contributed by atoms with E-state index in [0.717, 1.165) is 22.2 Å². The normalized spacial score (nSPS) is 15.1. The standard InChI is InChI=1S/C23H24N4O3S/c1-16-6-9-19(10-7-16)31(28,29)13-12-22-25-23(26-30-22)17-8-11-21-20(14-17)24-15-27(21)18-4-2-3-5-18/h6-11,14-15,18H,2-5,12-13H2,1H3. The van der Waals surface area contributed by atoms with Crippen LogP contribution in [0.2, 0.25) is 0 Å². The molecule has 0 saturated heterocycles. The van der Waals surface area contributed by atoms with E-state index in [1.807, 2.05) is 31.5 Å². The topological polar surface area (TPSA) is 90.9 Å². The summed E-state index contributed by atoms with van der Waals surface area (Å²) >= 11 is 0. The lowest BCUT2D eigenvalue weighted by molar-refractivity contribution is 0.382. The molecule has 0 spiro atoms. The molecular formula is C23H24N4O3S. The Labute approximate surface area is 181 Å². The number of imidazole rings is 1. The van der Waals surface area contributed by atoms with E-state index in [2.05, 4.69) is 19.7 Å². The summed E-state index contributed by atoms with van der Waals surface area (Å²) in [6.07, 6.45) is 7.03. The lowest BCUT2D eigenvalue weighted by Crippen LogP contribution is -2.09. The molecule has 160 valence electrons. The first kappa shape index (κ1) is 19.9. The van der Waals surface area contributed by atoms with Gasteiger partial charge in [0.15, 0.2) is 9.84 Å². The van der Waals surface area contributed by atoms with Crippen molar-refractivity contribution in [1.29, 1.82) is 0 Å². The van der Waals surface area contributed by atoms with Crippen molar-refractivity contribution in [3.63, 3.8) is 0 Å². The van der Waals surface area contributed by atoms with Crippen molar-refractivity contribution < 1.29 is 12.9 Å². The Morgan fingerprint density at radius 3 is 2.65 bits per heavy atom. The predicted octanol–water partition coefficient (Wildman–Crippen LogP) is 4.53. The second kappa shape index (κ2) is 7.92. The maximum absolute atomic E-state index is 12.6. The van der Waals surface area contributed by atoms with Gasteiger partial charge >= 0.3 is 0 Å². The van der Waals surface area contributed by atoms with Gasteiger partial charge in [-0.3, -0.25) is 0 Å². The molecule has 8 heteroatoms. The third-order valence-electron chi connectivity index (χ3n) is 5.98. The van der Waals surface area contributed by atoms with Gasteiger partial charge in [0.1, 0.15) is 0 Å². The minimum Gasteiger partial charge on any atom is -0.339 e. The third kappa shape index (κ3) is 3.99. The summed E-state index contributed by atoms with van der Waals surface area (Å²) in [5.74, 6) is 0.671. The highest BCUT2D eigenvalue weighted by atomic mass is 32.2. The van der Waals surface area contributed by atoms with E-state index < -0.39 is 9.84 Å². The van der Waals surface area contributed by atoms with E-state index in [1.165, 1.54) is 25.7 Å². The van der Waals surface area contributed by atoms with Gasteiger partial charge in [0, 0.05) is 18.0 Å². The van der Waals surface area contributed by atoms with Crippen LogP contribution in [0.3, 0.4) is 0 Å². The minimum absolute atomic E-state index is 0.0808. The summed E-state index contributed by atoms with van der Waals surface area (Å²) < 4.78 is 32.7. The van der Waals surface area contributed by atoms with E-state index in [4.69, 9.17) is 4.52 Å². The molecule has 0 N–H and O–H groups in total. The maximum Gasteiger partial charge on any atom is 0.227 e. The van der Waals surface area contributed by atoms with Crippen molar-refractivity contribution in [3.05, 3.63) is 60.2 Å². The quantitative estimate of drug-likeness (QED) is 0.441. The number of sulfone groups is 1. The van der Waals surface area contributed by atoms with Crippen LogP contribution < -0.4 is 0 Å². The van der Waals surface area contributed by atoms with E-state index in [-0.39, 0.29) is 12.2 Å². The average molecular weight is 437 g/mol. The Bertz CT molecular complexity index is 1320. The fourth-order valence-corrected chi connectivity index (χ4v) is 5.43. The number of hydrogen-bond donors (Lipinski definition) is 0. The first-order chi connectivity index (χ1) is 15.0. The fraction of sp³-hybridized carbons (Fsp3) is 0.348. The molecular weight excluding hydrogens is 412 g/mol. The highest BCUT2D eigenvalue weighted by Crippen LogP contribution is 2.32. The molecule has 31 heavy (non-hydrogen) atoms. The summed E-state index contributed by atoms with van der Waals surface area (Å²) in [5.41, 5.74) is 3.84. The smallest absolute Gasteiger partial charge is 0.227 e. The van der Waals surface area contributed by atoms with Crippen LogP contribution >= 0.6 is 0 Å². The van der Waals surface area contributed by atoms with Gasteiger partial charge in [-0.1, -0.05) is 35.7 Å². The maximum atomic E-state index is 12.6. The summed E-state index contributed by atoms with van der Waals surface area (Å²) in [6, 6.07) is 13.3. The van der Waals surface area contributed by atoms with Crippen LogP contribution in [-0.2, 0) is 16.3 Å². The van der Waals surface area contributed by atoms with Crippen LogP contribution in [0.25, 0.3) is 22.4 Å². The van der Waals surface area contributed by atoms with Gasteiger partial charge in [-0.2, -0.15) is 4.98 Å². The second-order valence-corrected chi connectivity index (χ2v) is 10.3. The lowest BCUT2D eigenvalue weighted by Gasteiger charge is -2.11. The number of hydrogen-bond acceptors (Lipinski definition) is 6. The van der Waals surface area contributed by atoms with Crippen molar-refractivity contribution in [2.24, 2.45) is 0 Å². The average Bonchev–Trinajstić information content (AvgIpc) is 3.52. The molecule has 2 aromatic carbocycles. The van der Waals surface area contributed by atoms with E-state index >= 15 is 0 Å². The Morgan fingerprint density at radius 1 is 1.10 bits per heavy atom. The zero-order chi connectivity index (χ0) is 21.4. The van der Waals surface area contributed by atoms with Gasteiger partial charge in [-0.15, -0.1) is 0 Å². The highest BCUT2D eigenvalue weighted by molar-refractivity contribution is 7.91. The van der Waals surface area contributed by atoms with Crippen molar-refractivity contribution in [2.75, 3.05) is 5.75 Å². The van der Waals surface area contributed by atoms with Crippen LogP contribution in [0.4, 0.5) is 0 Å². The Hall–Kier alpha value is -3.00. The minimum atomic E-state index is -3.41. The van der Waals surface area contributed by atoms with Gasteiger partial charge in [0.05, 0.1) is 28.0 Å². The Balaban J connectivity index is 1.32. The molecule has 0 aliphatic heterocycles. The molecule has 1 aliphatic rings. The number of nitrogens with zero attached hydrogens (tertiary/aromatic N) is 4. The number of rotatable bonds is 6. The number of aryl methyl sites for hydroxylation is 2. The molecule has 1 saturated carbocycles. The SMILES string of the molecule is Cc1ccc(S(=O)(=O)CCc2nc(-c3ccc4c(c3)ncn4C3CCCC3)no2)cc1. The number of fused-ring (bicyclic) bond motifs is 1. The van der Waals surface area contributed by atoms with Gasteiger partial charge < -0.3 is 9.09 Å². The first-order valence-corrected chi connectivity index (χ1v) is 12.2. The lowest BCUT2D eigenvalue weighted by atomic mass is 10.1. The van der Waals surface area contributed by atoms with Crippen LogP contribution in [-0.4, -0.2) is 33.9 Å². The van der Waals surface area contributed by atoms with Crippen molar-refractivity contribution in [3.8, 4) is 11.4 Å². The van der Waals surface area contributed by atoms with Crippen molar-refractivity contribution in [1.82, 2.24) is 19.7 Å². The van der Waals surface area contributed by atoms with Crippen LogP contribution in [0, 0.1) is 6.92 Å². The number of aromatic nitrogens is 4. The molecule has 4 aromatic rings. The molecule has 0 amide bonds. The molecule has 7 nitrogen and oxygen atoms in total. The molecule has 0 atom stereocenters. The molecule has 2 heterocycles. The van der Waals surface area contributed by atoms with E-state index in [0.29, 0.717) is 22.7 Å². The monoisotopic (exact) mass is 436 g/mol. The summed E-state index contributed by atoms with van der Waals surface area (Å²) in [6.45, 7) is 1.92. The molecule has 0 radical (unpaired) electrons. The van der Waals surface area contributed by atoms with Gasteiger partial charge in [-0.25, -0.2) is 13.4 Å². The van der Waals surface area contributed by atoms with Gasteiger partial charge in [0.25, 0.3) is 0 Å². The molecule has 1 fully saturated rings. The summed E-state index contributed by atoms with van der Waals surface area (Å²) in [7, 11) is -3.41. The van der Waals surface area contributed by atoms with Crippen molar-refractivity contribution >= 4 is 20.9 Å². The second-order valence-electron chi connectivity index (χ2n) is 8.19. The third-order valence-corrected chi connectivity index (χ3v) is 7.72. The summed E-state index contributed by atoms with van der Waals surface area (Å²) in [5, 5.41) is 4.05. The van der Waals surface area contributed by atoms with Crippen LogP contribution in [0.15, 0.2) is 58.2 Å². The molecule has 5 rings (SSSR count). The Morgan fingerprint density at radius 2 is 1.87 bits per heavy atom. The largest absolute Gasteiger partial charge is 0.339 e.